The molecule has 2 heteroatoms. The normalized spacial score (nSPS) is 14.7. The lowest BCUT2D eigenvalue weighted by Crippen LogP contribution is -2.16. The largest absolute Gasteiger partial charge is 0.508 e. The van der Waals surface area contributed by atoms with Crippen LogP contribution in [0, 0.1) is 0 Å². The first kappa shape index (κ1) is 14.0. The van der Waals surface area contributed by atoms with Gasteiger partial charge in [0.25, 0.3) is 0 Å². The van der Waals surface area contributed by atoms with Gasteiger partial charge in [-0.3, -0.25) is 0 Å². The minimum absolute atomic E-state index is 0.336. The van der Waals surface area contributed by atoms with Gasteiger partial charge in [-0.05, 0) is 80.0 Å². The topological polar surface area (TPSA) is 32.3 Å². The Bertz CT molecular complexity index is 603. The smallest absolute Gasteiger partial charge is 0.115 e. The molecule has 0 radical (unpaired) electrons. The third-order valence-corrected chi connectivity index (χ3v) is 4.31. The van der Waals surface area contributed by atoms with Crippen molar-refractivity contribution in [2.75, 3.05) is 5.32 Å². The Kier molecular flexibility index (Phi) is 4.14. The molecule has 1 aliphatic carbocycles. The van der Waals surface area contributed by atoms with E-state index in [4.69, 9.17) is 0 Å². The Balaban J connectivity index is 1.54. The first-order valence-corrected chi connectivity index (χ1v) is 7.87. The van der Waals surface area contributed by atoms with Crippen LogP contribution in [0.5, 0.6) is 5.75 Å². The Morgan fingerprint density at radius 2 is 1.81 bits per heavy atom. The number of anilines is 1. The SMILES string of the molecule is C[C@@H](CCc1ccc(O)cc1)Nc1ccc2c(c1)CCC2. The van der Waals surface area contributed by atoms with Crippen molar-refractivity contribution in [1.82, 2.24) is 0 Å². The third-order valence-electron chi connectivity index (χ3n) is 4.31. The standard InChI is InChI=1S/C19H23NO/c1-14(5-6-15-7-11-19(21)12-8-15)20-18-10-9-16-3-2-4-17(16)13-18/h7-14,20-21H,2-6H2,1H3/t14-/m0/s1. The number of aromatic hydroxyl groups is 1. The number of phenols is 1. The van der Waals surface area contributed by atoms with Crippen LogP contribution in [-0.4, -0.2) is 11.1 Å². The molecule has 2 aromatic rings. The second-order valence-corrected chi connectivity index (χ2v) is 6.09. The van der Waals surface area contributed by atoms with Crippen LogP contribution in [0.25, 0.3) is 0 Å². The van der Waals surface area contributed by atoms with E-state index >= 15 is 0 Å². The Hall–Kier alpha value is -1.96. The highest BCUT2D eigenvalue weighted by Gasteiger charge is 2.11. The van der Waals surface area contributed by atoms with Crippen molar-refractivity contribution < 1.29 is 5.11 Å². The van der Waals surface area contributed by atoms with E-state index in [-0.39, 0.29) is 0 Å². The van der Waals surface area contributed by atoms with Crippen molar-refractivity contribution in [3.63, 3.8) is 0 Å². The number of nitrogens with one attached hydrogen (secondary N) is 1. The summed E-state index contributed by atoms with van der Waals surface area (Å²) in [5.41, 5.74) is 5.56. The molecule has 3 rings (SSSR count). The summed E-state index contributed by atoms with van der Waals surface area (Å²) < 4.78 is 0. The molecule has 0 aliphatic heterocycles. The van der Waals surface area contributed by atoms with Gasteiger partial charge in [-0.25, -0.2) is 0 Å². The summed E-state index contributed by atoms with van der Waals surface area (Å²) in [6.07, 6.45) is 5.88. The van der Waals surface area contributed by atoms with Crippen molar-refractivity contribution in [1.29, 1.82) is 0 Å². The summed E-state index contributed by atoms with van der Waals surface area (Å²) >= 11 is 0. The van der Waals surface area contributed by atoms with E-state index in [0.29, 0.717) is 11.8 Å². The first-order chi connectivity index (χ1) is 10.2. The van der Waals surface area contributed by atoms with Crippen molar-refractivity contribution >= 4 is 5.69 Å². The van der Waals surface area contributed by atoms with Gasteiger partial charge in [0.1, 0.15) is 5.75 Å². The van der Waals surface area contributed by atoms with Crippen LogP contribution in [0.1, 0.15) is 36.5 Å². The predicted octanol–water partition coefficient (Wildman–Crippen LogP) is 4.31. The third kappa shape index (κ3) is 3.57. The Labute approximate surface area is 126 Å². The lowest BCUT2D eigenvalue weighted by atomic mass is 10.0. The minimum atomic E-state index is 0.336. The van der Waals surface area contributed by atoms with Crippen LogP contribution in [0.2, 0.25) is 0 Å². The lowest BCUT2D eigenvalue weighted by molar-refractivity contribution is 0.475. The number of rotatable bonds is 5. The fourth-order valence-corrected chi connectivity index (χ4v) is 3.06. The van der Waals surface area contributed by atoms with Gasteiger partial charge in [0.05, 0.1) is 0 Å². The number of benzene rings is 2. The van der Waals surface area contributed by atoms with Crippen molar-refractivity contribution in [2.45, 2.75) is 45.1 Å². The molecule has 0 unspecified atom stereocenters. The molecule has 1 atom stereocenters. The van der Waals surface area contributed by atoms with E-state index in [1.54, 1.807) is 12.1 Å². The van der Waals surface area contributed by atoms with Gasteiger partial charge in [0.2, 0.25) is 0 Å². The second kappa shape index (κ2) is 6.21. The highest BCUT2D eigenvalue weighted by molar-refractivity contribution is 5.50. The Morgan fingerprint density at radius 3 is 2.62 bits per heavy atom. The van der Waals surface area contributed by atoms with Crippen molar-refractivity contribution in [2.24, 2.45) is 0 Å². The van der Waals surface area contributed by atoms with E-state index in [1.165, 1.54) is 41.6 Å². The maximum Gasteiger partial charge on any atom is 0.115 e. The Morgan fingerprint density at radius 1 is 1.05 bits per heavy atom. The number of hydrogen-bond donors (Lipinski definition) is 2. The van der Waals surface area contributed by atoms with Gasteiger partial charge in [0.15, 0.2) is 0 Å². The van der Waals surface area contributed by atoms with Crippen LogP contribution >= 0.6 is 0 Å². The van der Waals surface area contributed by atoms with Crippen LogP contribution < -0.4 is 5.32 Å². The molecule has 2 N–H and O–H groups in total. The van der Waals surface area contributed by atoms with Crippen molar-refractivity contribution in [3.05, 3.63) is 59.2 Å². The molecule has 0 fully saturated rings. The highest BCUT2D eigenvalue weighted by Crippen LogP contribution is 2.25. The number of fused-ring (bicyclic) bond motifs is 1. The minimum Gasteiger partial charge on any atom is -0.508 e. The van der Waals surface area contributed by atoms with Gasteiger partial charge in [-0.2, -0.15) is 0 Å². The van der Waals surface area contributed by atoms with E-state index < -0.39 is 0 Å². The highest BCUT2D eigenvalue weighted by atomic mass is 16.3. The van der Waals surface area contributed by atoms with Crippen LogP contribution in [0.4, 0.5) is 5.69 Å². The molecular formula is C19H23NO. The summed E-state index contributed by atoms with van der Waals surface area (Å²) in [7, 11) is 0. The molecule has 0 saturated heterocycles. The molecular weight excluding hydrogens is 258 g/mol. The van der Waals surface area contributed by atoms with E-state index in [2.05, 4.69) is 30.4 Å². The molecule has 0 spiro atoms. The van der Waals surface area contributed by atoms with Gasteiger partial charge in [-0.1, -0.05) is 18.2 Å². The number of hydrogen-bond acceptors (Lipinski definition) is 2. The molecule has 0 bridgehead atoms. The fraction of sp³-hybridized carbons (Fsp3) is 0.368. The van der Waals surface area contributed by atoms with Crippen LogP contribution in [-0.2, 0) is 19.3 Å². The molecule has 2 aromatic carbocycles. The lowest BCUT2D eigenvalue weighted by Gasteiger charge is -2.16. The van der Waals surface area contributed by atoms with Gasteiger partial charge < -0.3 is 10.4 Å². The quantitative estimate of drug-likeness (QED) is 0.855. The maximum atomic E-state index is 9.29. The number of phenolic OH excluding ortho intramolecular Hbond substituents is 1. The molecule has 0 saturated carbocycles. The maximum absolute atomic E-state index is 9.29. The number of aryl methyl sites for hydroxylation is 3. The average molecular weight is 281 g/mol. The summed E-state index contributed by atoms with van der Waals surface area (Å²) in [5, 5.41) is 12.9. The molecule has 21 heavy (non-hydrogen) atoms. The van der Waals surface area contributed by atoms with Crippen LogP contribution in [0.3, 0.4) is 0 Å². The summed E-state index contributed by atoms with van der Waals surface area (Å²) in [5.74, 6) is 0.336. The molecule has 1 aliphatic rings. The first-order valence-electron chi connectivity index (χ1n) is 7.87. The molecule has 2 nitrogen and oxygen atoms in total. The van der Waals surface area contributed by atoms with Gasteiger partial charge >= 0.3 is 0 Å². The molecule has 0 aromatic heterocycles. The summed E-state index contributed by atoms with van der Waals surface area (Å²) in [6, 6.07) is 14.8. The van der Waals surface area contributed by atoms with E-state index in [9.17, 15) is 5.11 Å². The predicted molar refractivity (Wildman–Crippen MR) is 88.0 cm³/mol. The zero-order valence-corrected chi connectivity index (χ0v) is 12.6. The molecule has 110 valence electrons. The van der Waals surface area contributed by atoms with Crippen LogP contribution in [0.15, 0.2) is 42.5 Å². The molecule has 0 heterocycles. The monoisotopic (exact) mass is 281 g/mol. The average Bonchev–Trinajstić information content (AvgIpc) is 2.94. The van der Waals surface area contributed by atoms with E-state index in [0.717, 1.165) is 12.8 Å². The summed E-state index contributed by atoms with van der Waals surface area (Å²) in [6.45, 7) is 2.23. The van der Waals surface area contributed by atoms with Crippen molar-refractivity contribution in [3.8, 4) is 5.75 Å². The van der Waals surface area contributed by atoms with Gasteiger partial charge in [0, 0.05) is 11.7 Å². The van der Waals surface area contributed by atoms with Gasteiger partial charge in [-0.15, -0.1) is 0 Å². The fourth-order valence-electron chi connectivity index (χ4n) is 3.06. The zero-order chi connectivity index (χ0) is 14.7. The second-order valence-electron chi connectivity index (χ2n) is 6.09. The molecule has 0 amide bonds. The summed E-state index contributed by atoms with van der Waals surface area (Å²) in [4.78, 5) is 0. The zero-order valence-electron chi connectivity index (χ0n) is 12.6. The van der Waals surface area contributed by atoms with E-state index in [1.807, 2.05) is 12.1 Å².